The van der Waals surface area contributed by atoms with Gasteiger partial charge in [-0.2, -0.15) is 0 Å². The van der Waals surface area contributed by atoms with Crippen LogP contribution in [0.1, 0.15) is 18.1 Å². The largest absolute Gasteiger partial charge is 0.0906 e. The van der Waals surface area contributed by atoms with E-state index in [2.05, 4.69) is 37.3 Å². The van der Waals surface area contributed by atoms with Gasteiger partial charge in [-0.3, -0.25) is 0 Å². The van der Waals surface area contributed by atoms with Crippen LogP contribution < -0.4 is 0 Å². The van der Waals surface area contributed by atoms with Crippen molar-refractivity contribution in [1.82, 2.24) is 0 Å². The molecule has 1 aromatic rings. The number of benzene rings is 1. The van der Waals surface area contributed by atoms with E-state index in [1.54, 1.807) is 0 Å². The highest BCUT2D eigenvalue weighted by Crippen LogP contribution is 2.35. The predicted octanol–water partition coefficient (Wildman–Crippen LogP) is 3.24. The molecule has 0 N–H and O–H groups in total. The molecule has 1 aromatic carbocycles. The molecule has 1 aliphatic heterocycles. The van der Waals surface area contributed by atoms with E-state index in [1.165, 1.54) is 22.6 Å². The lowest BCUT2D eigenvalue weighted by Crippen LogP contribution is -1.89. The summed E-state index contributed by atoms with van der Waals surface area (Å²) in [6, 6.07) is 8.66. The quantitative estimate of drug-likeness (QED) is 0.514. The Labute approximate surface area is 69.1 Å². The maximum Gasteiger partial charge on any atom is -0.00574 e. The van der Waals surface area contributed by atoms with Crippen molar-refractivity contribution in [3.63, 3.8) is 0 Å². The van der Waals surface area contributed by atoms with Crippen molar-refractivity contribution in [2.75, 3.05) is 0 Å². The van der Waals surface area contributed by atoms with E-state index in [4.69, 9.17) is 0 Å². The second-order valence-electron chi connectivity index (χ2n) is 2.88. The van der Waals surface area contributed by atoms with Gasteiger partial charge in [0.05, 0.1) is 0 Å². The van der Waals surface area contributed by atoms with Gasteiger partial charge in [0.15, 0.2) is 0 Å². The first-order valence-corrected chi connectivity index (χ1v) is 5.07. The Balaban J connectivity index is 2.51. The molecule has 1 heterocycles. The standard InChI is InChI=1S/C10H11P/c1-8-6-9-4-2-3-5-10(9)7-11-8/h2-6,11H,7H2,1H3. The molecule has 0 amide bonds. The molecule has 1 unspecified atom stereocenters. The number of allylic oxidation sites excluding steroid dienone is 1. The molecule has 56 valence electrons. The monoisotopic (exact) mass is 162 g/mol. The van der Waals surface area contributed by atoms with E-state index in [1.807, 2.05) is 0 Å². The van der Waals surface area contributed by atoms with Crippen LogP contribution in [0.25, 0.3) is 6.08 Å². The normalized spacial score (nSPS) is 17.7. The van der Waals surface area contributed by atoms with Crippen LogP contribution in [0, 0.1) is 0 Å². The van der Waals surface area contributed by atoms with E-state index in [9.17, 15) is 0 Å². The summed E-state index contributed by atoms with van der Waals surface area (Å²) >= 11 is 0. The Morgan fingerprint density at radius 1 is 1.27 bits per heavy atom. The van der Waals surface area contributed by atoms with Gasteiger partial charge >= 0.3 is 0 Å². The predicted molar refractivity (Wildman–Crippen MR) is 52.1 cm³/mol. The molecule has 0 bridgehead atoms. The molecule has 1 atom stereocenters. The van der Waals surface area contributed by atoms with Gasteiger partial charge in [0.25, 0.3) is 0 Å². The summed E-state index contributed by atoms with van der Waals surface area (Å²) in [5.41, 5.74) is 2.93. The summed E-state index contributed by atoms with van der Waals surface area (Å²) in [7, 11) is 1.00. The SMILES string of the molecule is CC1=Cc2ccccc2CP1. The zero-order valence-electron chi connectivity index (χ0n) is 6.59. The summed E-state index contributed by atoms with van der Waals surface area (Å²) in [5, 5.41) is 1.53. The van der Waals surface area contributed by atoms with Gasteiger partial charge in [-0.25, -0.2) is 0 Å². The summed E-state index contributed by atoms with van der Waals surface area (Å²) in [4.78, 5) is 0. The Bertz CT molecular complexity index is 299. The van der Waals surface area contributed by atoms with Crippen LogP contribution in [0.4, 0.5) is 0 Å². The lowest BCUT2D eigenvalue weighted by atomic mass is 10.1. The molecule has 11 heavy (non-hydrogen) atoms. The smallest absolute Gasteiger partial charge is 0.00574 e. The van der Waals surface area contributed by atoms with Crippen molar-refractivity contribution in [1.29, 1.82) is 0 Å². The number of hydrogen-bond donors (Lipinski definition) is 0. The second kappa shape index (κ2) is 2.79. The van der Waals surface area contributed by atoms with Crippen molar-refractivity contribution in [2.45, 2.75) is 13.1 Å². The summed E-state index contributed by atoms with van der Waals surface area (Å²) < 4.78 is 0. The molecule has 0 saturated carbocycles. The molecule has 0 radical (unpaired) electrons. The van der Waals surface area contributed by atoms with Gasteiger partial charge in [-0.1, -0.05) is 44.2 Å². The Morgan fingerprint density at radius 3 is 3.00 bits per heavy atom. The fourth-order valence-corrected chi connectivity index (χ4v) is 2.40. The highest BCUT2D eigenvalue weighted by atomic mass is 31.1. The summed E-state index contributed by atoms with van der Waals surface area (Å²) in [6.07, 6.45) is 3.55. The number of hydrogen-bond acceptors (Lipinski definition) is 0. The maximum absolute atomic E-state index is 2.30. The highest BCUT2D eigenvalue weighted by Gasteiger charge is 2.04. The summed E-state index contributed by atoms with van der Waals surface area (Å²) in [5.74, 6) is 0. The van der Waals surface area contributed by atoms with Crippen LogP contribution in [0.5, 0.6) is 0 Å². The minimum absolute atomic E-state index is 1.00. The van der Waals surface area contributed by atoms with Crippen LogP contribution in [-0.2, 0) is 6.16 Å². The Kier molecular flexibility index (Phi) is 1.79. The molecule has 1 aliphatic rings. The Morgan fingerprint density at radius 2 is 2.09 bits per heavy atom. The van der Waals surface area contributed by atoms with E-state index in [0.29, 0.717) is 0 Å². The first-order chi connectivity index (χ1) is 5.36. The molecule has 0 fully saturated rings. The molecule has 0 aliphatic carbocycles. The first kappa shape index (κ1) is 7.06. The van der Waals surface area contributed by atoms with Crippen LogP contribution in [0.2, 0.25) is 0 Å². The maximum atomic E-state index is 2.30. The lowest BCUT2D eigenvalue weighted by molar-refractivity contribution is 1.36. The lowest BCUT2D eigenvalue weighted by Gasteiger charge is -2.12. The van der Waals surface area contributed by atoms with E-state index in [-0.39, 0.29) is 0 Å². The molecule has 0 aromatic heterocycles. The van der Waals surface area contributed by atoms with Gasteiger partial charge in [-0.05, 0) is 24.2 Å². The fraction of sp³-hybridized carbons (Fsp3) is 0.200. The van der Waals surface area contributed by atoms with Crippen LogP contribution in [-0.4, -0.2) is 0 Å². The van der Waals surface area contributed by atoms with Gasteiger partial charge in [-0.15, -0.1) is 0 Å². The van der Waals surface area contributed by atoms with Crippen LogP contribution in [0.15, 0.2) is 29.6 Å². The minimum atomic E-state index is 1.00. The zero-order valence-corrected chi connectivity index (χ0v) is 7.59. The number of fused-ring (bicyclic) bond motifs is 1. The molecule has 0 saturated heterocycles. The van der Waals surface area contributed by atoms with Crippen LogP contribution in [0.3, 0.4) is 0 Å². The fourth-order valence-electron chi connectivity index (χ4n) is 1.35. The highest BCUT2D eigenvalue weighted by molar-refractivity contribution is 7.42. The average Bonchev–Trinajstić information content (AvgIpc) is 2.04. The van der Waals surface area contributed by atoms with Gasteiger partial charge < -0.3 is 0 Å². The molecule has 0 spiro atoms. The van der Waals surface area contributed by atoms with Crippen molar-refractivity contribution in [3.05, 3.63) is 40.7 Å². The Hall–Kier alpha value is -0.610. The molecule has 0 nitrogen and oxygen atoms in total. The third-order valence-electron chi connectivity index (χ3n) is 1.98. The zero-order chi connectivity index (χ0) is 7.68. The van der Waals surface area contributed by atoms with Crippen molar-refractivity contribution in [3.8, 4) is 0 Å². The number of rotatable bonds is 0. The molecule has 1 heteroatoms. The summed E-state index contributed by atoms with van der Waals surface area (Å²) in [6.45, 7) is 2.22. The van der Waals surface area contributed by atoms with E-state index in [0.717, 1.165) is 8.58 Å². The minimum Gasteiger partial charge on any atom is -0.0906 e. The molecule has 2 rings (SSSR count). The first-order valence-electron chi connectivity index (χ1n) is 3.86. The molecular weight excluding hydrogens is 151 g/mol. The van der Waals surface area contributed by atoms with Crippen molar-refractivity contribution in [2.24, 2.45) is 0 Å². The molecular formula is C10H11P. The topological polar surface area (TPSA) is 0 Å². The third-order valence-corrected chi connectivity index (χ3v) is 3.24. The van der Waals surface area contributed by atoms with E-state index >= 15 is 0 Å². The van der Waals surface area contributed by atoms with E-state index < -0.39 is 0 Å². The van der Waals surface area contributed by atoms with Gasteiger partial charge in [0.1, 0.15) is 0 Å². The van der Waals surface area contributed by atoms with Crippen molar-refractivity contribution >= 4 is 14.7 Å². The third kappa shape index (κ3) is 1.36. The van der Waals surface area contributed by atoms with Crippen molar-refractivity contribution < 1.29 is 0 Å². The van der Waals surface area contributed by atoms with Gasteiger partial charge in [0, 0.05) is 0 Å². The van der Waals surface area contributed by atoms with Crippen LogP contribution >= 0.6 is 8.58 Å². The second-order valence-corrected chi connectivity index (χ2v) is 4.38. The average molecular weight is 162 g/mol. The van der Waals surface area contributed by atoms with Gasteiger partial charge in [0.2, 0.25) is 0 Å².